The fourth-order valence-corrected chi connectivity index (χ4v) is 1.48. The van der Waals surface area contributed by atoms with Crippen molar-refractivity contribution < 1.29 is 0 Å². The van der Waals surface area contributed by atoms with Gasteiger partial charge >= 0.3 is 0 Å². The molecule has 1 aromatic rings. The molecule has 0 fully saturated rings. The van der Waals surface area contributed by atoms with Gasteiger partial charge < -0.3 is 5.32 Å². The van der Waals surface area contributed by atoms with Crippen molar-refractivity contribution in [1.29, 1.82) is 0 Å². The molecular weight excluding hydrogens is 154 g/mol. The van der Waals surface area contributed by atoms with Gasteiger partial charge in [0.25, 0.3) is 0 Å². The first-order valence-corrected chi connectivity index (χ1v) is 4.99. The summed E-state index contributed by atoms with van der Waals surface area (Å²) in [4.78, 5) is 0. The standard InChI is InChI=1S/C9H15NS/c1-8(2)3-5-10-9-4-6-11-7-9/h4,6-8,10H,3,5H2,1-2H3. The molecule has 1 aromatic heterocycles. The van der Waals surface area contributed by atoms with Crippen molar-refractivity contribution >= 4 is 17.0 Å². The van der Waals surface area contributed by atoms with E-state index in [4.69, 9.17) is 0 Å². The molecule has 1 rings (SSSR count). The summed E-state index contributed by atoms with van der Waals surface area (Å²) in [5.74, 6) is 0.793. The maximum Gasteiger partial charge on any atom is 0.0448 e. The van der Waals surface area contributed by atoms with Crippen LogP contribution in [-0.4, -0.2) is 6.54 Å². The predicted molar refractivity (Wildman–Crippen MR) is 52.3 cm³/mol. The van der Waals surface area contributed by atoms with Crippen molar-refractivity contribution in [2.45, 2.75) is 20.3 Å². The van der Waals surface area contributed by atoms with E-state index < -0.39 is 0 Å². The van der Waals surface area contributed by atoms with Gasteiger partial charge in [-0.2, -0.15) is 11.3 Å². The van der Waals surface area contributed by atoms with E-state index in [1.165, 1.54) is 12.1 Å². The molecule has 0 unspecified atom stereocenters. The maximum absolute atomic E-state index is 3.37. The van der Waals surface area contributed by atoms with Crippen LogP contribution in [0.25, 0.3) is 0 Å². The average Bonchev–Trinajstić information content (AvgIpc) is 2.39. The lowest BCUT2D eigenvalue weighted by Gasteiger charge is -2.05. The largest absolute Gasteiger partial charge is 0.384 e. The van der Waals surface area contributed by atoms with E-state index >= 15 is 0 Å². The summed E-state index contributed by atoms with van der Waals surface area (Å²) in [6.07, 6.45) is 1.25. The zero-order valence-corrected chi connectivity index (χ0v) is 7.95. The van der Waals surface area contributed by atoms with E-state index in [0.29, 0.717) is 0 Å². The highest BCUT2D eigenvalue weighted by atomic mass is 32.1. The molecular formula is C9H15NS. The van der Waals surface area contributed by atoms with Crippen molar-refractivity contribution in [3.8, 4) is 0 Å². The van der Waals surface area contributed by atoms with Crippen LogP contribution in [0.15, 0.2) is 16.8 Å². The highest BCUT2D eigenvalue weighted by Crippen LogP contribution is 2.12. The lowest BCUT2D eigenvalue weighted by atomic mass is 10.1. The normalized spacial score (nSPS) is 10.5. The van der Waals surface area contributed by atoms with Crippen molar-refractivity contribution in [1.82, 2.24) is 0 Å². The molecule has 0 spiro atoms. The van der Waals surface area contributed by atoms with Crippen molar-refractivity contribution in [2.75, 3.05) is 11.9 Å². The summed E-state index contributed by atoms with van der Waals surface area (Å²) in [7, 11) is 0. The first-order chi connectivity index (χ1) is 5.29. The molecule has 0 saturated heterocycles. The molecule has 0 bridgehead atoms. The van der Waals surface area contributed by atoms with Gasteiger partial charge in [-0.25, -0.2) is 0 Å². The van der Waals surface area contributed by atoms with Gasteiger partial charge in [-0.05, 0) is 23.8 Å². The maximum atomic E-state index is 3.37. The molecule has 11 heavy (non-hydrogen) atoms. The first kappa shape index (κ1) is 8.60. The van der Waals surface area contributed by atoms with Crippen LogP contribution in [0.2, 0.25) is 0 Å². The van der Waals surface area contributed by atoms with Crippen LogP contribution < -0.4 is 5.32 Å². The van der Waals surface area contributed by atoms with Crippen molar-refractivity contribution in [3.63, 3.8) is 0 Å². The minimum Gasteiger partial charge on any atom is -0.384 e. The second-order valence-corrected chi connectivity index (χ2v) is 3.90. The number of thiophene rings is 1. The molecule has 0 aliphatic heterocycles. The molecule has 0 aliphatic carbocycles. The van der Waals surface area contributed by atoms with Crippen LogP contribution in [0, 0.1) is 5.92 Å². The van der Waals surface area contributed by atoms with Crippen LogP contribution >= 0.6 is 11.3 Å². The third-order valence-electron chi connectivity index (χ3n) is 1.57. The number of nitrogens with one attached hydrogen (secondary N) is 1. The van der Waals surface area contributed by atoms with Gasteiger partial charge in [-0.15, -0.1) is 0 Å². The summed E-state index contributed by atoms with van der Waals surface area (Å²) in [5, 5.41) is 7.60. The Morgan fingerprint density at radius 3 is 2.91 bits per heavy atom. The first-order valence-electron chi connectivity index (χ1n) is 4.05. The highest BCUT2D eigenvalue weighted by molar-refractivity contribution is 7.08. The molecule has 0 radical (unpaired) electrons. The van der Waals surface area contributed by atoms with Gasteiger partial charge in [0, 0.05) is 17.6 Å². The number of hydrogen-bond donors (Lipinski definition) is 1. The third-order valence-corrected chi connectivity index (χ3v) is 2.26. The Balaban J connectivity index is 2.14. The van der Waals surface area contributed by atoms with E-state index in [1.54, 1.807) is 11.3 Å². The molecule has 1 nitrogen and oxygen atoms in total. The van der Waals surface area contributed by atoms with E-state index in [0.717, 1.165) is 12.5 Å². The van der Waals surface area contributed by atoms with Gasteiger partial charge in [-0.3, -0.25) is 0 Å². The molecule has 0 saturated carbocycles. The Morgan fingerprint density at radius 2 is 2.36 bits per heavy atom. The van der Waals surface area contributed by atoms with Crippen LogP contribution in [0.4, 0.5) is 5.69 Å². The van der Waals surface area contributed by atoms with Gasteiger partial charge in [0.2, 0.25) is 0 Å². The fraction of sp³-hybridized carbons (Fsp3) is 0.556. The molecule has 0 atom stereocenters. The van der Waals surface area contributed by atoms with E-state index in [1.807, 2.05) is 0 Å². The molecule has 0 aromatic carbocycles. The molecule has 62 valence electrons. The number of anilines is 1. The third kappa shape index (κ3) is 3.42. The minimum atomic E-state index is 0.793. The average molecular weight is 169 g/mol. The highest BCUT2D eigenvalue weighted by Gasteiger charge is 1.93. The Kier molecular flexibility index (Phi) is 3.43. The Bertz CT molecular complexity index is 179. The molecule has 0 amide bonds. The second-order valence-electron chi connectivity index (χ2n) is 3.12. The van der Waals surface area contributed by atoms with Gasteiger partial charge in [0.1, 0.15) is 0 Å². The summed E-state index contributed by atoms with van der Waals surface area (Å²) in [6.45, 7) is 5.58. The van der Waals surface area contributed by atoms with Gasteiger partial charge in [0.05, 0.1) is 0 Å². The van der Waals surface area contributed by atoms with Crippen molar-refractivity contribution in [3.05, 3.63) is 16.8 Å². The zero-order chi connectivity index (χ0) is 8.10. The summed E-state index contributed by atoms with van der Waals surface area (Å²) in [5.41, 5.74) is 1.26. The molecule has 0 aliphatic rings. The second kappa shape index (κ2) is 4.39. The Labute approximate surface area is 72.4 Å². The van der Waals surface area contributed by atoms with E-state index in [9.17, 15) is 0 Å². The molecule has 1 heterocycles. The van der Waals surface area contributed by atoms with Gasteiger partial charge in [-0.1, -0.05) is 13.8 Å². The van der Waals surface area contributed by atoms with Crippen molar-refractivity contribution in [2.24, 2.45) is 5.92 Å². The number of rotatable bonds is 4. The smallest absolute Gasteiger partial charge is 0.0448 e. The topological polar surface area (TPSA) is 12.0 Å². The van der Waals surface area contributed by atoms with Crippen LogP contribution in [-0.2, 0) is 0 Å². The lowest BCUT2D eigenvalue weighted by molar-refractivity contribution is 0.607. The van der Waals surface area contributed by atoms with Crippen LogP contribution in [0.1, 0.15) is 20.3 Å². The van der Waals surface area contributed by atoms with Crippen LogP contribution in [0.3, 0.4) is 0 Å². The summed E-state index contributed by atoms with van der Waals surface area (Å²) >= 11 is 1.74. The predicted octanol–water partition coefficient (Wildman–Crippen LogP) is 3.21. The van der Waals surface area contributed by atoms with Crippen LogP contribution in [0.5, 0.6) is 0 Å². The summed E-state index contributed by atoms with van der Waals surface area (Å²) < 4.78 is 0. The zero-order valence-electron chi connectivity index (χ0n) is 7.13. The SMILES string of the molecule is CC(C)CCNc1ccsc1. The quantitative estimate of drug-likeness (QED) is 0.729. The monoisotopic (exact) mass is 169 g/mol. The number of hydrogen-bond acceptors (Lipinski definition) is 2. The fourth-order valence-electron chi connectivity index (χ4n) is 0.870. The van der Waals surface area contributed by atoms with Gasteiger partial charge in [0.15, 0.2) is 0 Å². The lowest BCUT2D eigenvalue weighted by Crippen LogP contribution is -2.03. The molecule has 2 heteroatoms. The van der Waals surface area contributed by atoms with E-state index in [-0.39, 0.29) is 0 Å². The minimum absolute atomic E-state index is 0.793. The summed E-state index contributed by atoms with van der Waals surface area (Å²) in [6, 6.07) is 2.12. The molecule has 1 N–H and O–H groups in total. The Hall–Kier alpha value is -0.500. The van der Waals surface area contributed by atoms with E-state index in [2.05, 4.69) is 36.0 Å². The Morgan fingerprint density at radius 1 is 1.55 bits per heavy atom.